The van der Waals surface area contributed by atoms with Gasteiger partial charge in [0.1, 0.15) is 15.6 Å². The molecule has 0 amide bonds. The summed E-state index contributed by atoms with van der Waals surface area (Å²) in [6.45, 7) is 4.58. The maximum atomic E-state index is 13.1. The van der Waals surface area contributed by atoms with Crippen LogP contribution in [0.2, 0.25) is 0 Å². The summed E-state index contributed by atoms with van der Waals surface area (Å²) in [4.78, 5) is 13.1. The highest BCUT2D eigenvalue weighted by molar-refractivity contribution is 7.90. The molecule has 0 atom stereocenters. The standard InChI is InChI=1S/C22H32N2O4S/c1-4-7-17(8-5-2)22(25)18-15-23-24-19(18)11-12-20(21(24)16-9-10-16)28-13-6-14-29(3,26)27/h11-12,15-17H,4-10,13-14H2,1-3H3. The lowest BCUT2D eigenvalue weighted by molar-refractivity contribution is 0.0906. The molecule has 1 saturated carbocycles. The Labute approximate surface area is 173 Å². The van der Waals surface area contributed by atoms with Crippen molar-refractivity contribution in [1.82, 2.24) is 9.61 Å². The van der Waals surface area contributed by atoms with Gasteiger partial charge < -0.3 is 4.74 Å². The number of ether oxygens (including phenoxy) is 1. The number of hydrogen-bond acceptors (Lipinski definition) is 5. The monoisotopic (exact) mass is 420 g/mol. The lowest BCUT2D eigenvalue weighted by Crippen LogP contribution is -2.14. The average Bonchev–Trinajstić information content (AvgIpc) is 3.41. The molecule has 1 fully saturated rings. The number of fused-ring (bicyclic) bond motifs is 1. The minimum absolute atomic E-state index is 0.0503. The van der Waals surface area contributed by atoms with E-state index in [-0.39, 0.29) is 17.5 Å². The van der Waals surface area contributed by atoms with Gasteiger partial charge in [-0.2, -0.15) is 5.10 Å². The number of carbonyl (C=O) groups excluding carboxylic acids is 1. The topological polar surface area (TPSA) is 77.7 Å². The third-order valence-corrected chi connectivity index (χ3v) is 6.50. The number of sulfone groups is 1. The van der Waals surface area contributed by atoms with Crippen molar-refractivity contribution in [3.63, 3.8) is 0 Å². The maximum absolute atomic E-state index is 13.1. The lowest BCUT2D eigenvalue weighted by atomic mass is 9.90. The van der Waals surface area contributed by atoms with E-state index in [9.17, 15) is 13.2 Å². The zero-order valence-corrected chi connectivity index (χ0v) is 18.5. The van der Waals surface area contributed by atoms with Gasteiger partial charge in [-0.05, 0) is 44.2 Å². The van der Waals surface area contributed by atoms with E-state index in [1.807, 2.05) is 16.6 Å². The highest BCUT2D eigenvalue weighted by atomic mass is 32.2. The van der Waals surface area contributed by atoms with Gasteiger partial charge in [0, 0.05) is 18.1 Å². The molecular formula is C22H32N2O4S. The van der Waals surface area contributed by atoms with Crippen LogP contribution in [0.1, 0.15) is 80.8 Å². The van der Waals surface area contributed by atoms with E-state index in [0.29, 0.717) is 24.5 Å². The molecule has 1 aliphatic rings. The number of carbonyl (C=O) groups is 1. The number of ketones is 1. The molecule has 6 nitrogen and oxygen atoms in total. The molecular weight excluding hydrogens is 388 g/mol. The van der Waals surface area contributed by atoms with Gasteiger partial charge in [-0.3, -0.25) is 4.79 Å². The summed E-state index contributed by atoms with van der Waals surface area (Å²) >= 11 is 0. The second-order valence-corrected chi connectivity index (χ2v) is 10.4. The Hall–Kier alpha value is -1.89. The fourth-order valence-corrected chi connectivity index (χ4v) is 4.57. The molecule has 0 saturated heterocycles. The Kier molecular flexibility index (Phi) is 6.98. The maximum Gasteiger partial charge on any atom is 0.169 e. The molecule has 2 heterocycles. The number of pyridine rings is 1. The summed E-state index contributed by atoms with van der Waals surface area (Å²) in [5.41, 5.74) is 2.54. The van der Waals surface area contributed by atoms with E-state index in [1.54, 1.807) is 6.20 Å². The SMILES string of the molecule is CCCC(CCC)C(=O)c1cnn2c(C3CC3)c(OCCCS(C)(=O)=O)ccc12. The van der Waals surface area contributed by atoms with E-state index in [4.69, 9.17) is 4.74 Å². The quantitative estimate of drug-likeness (QED) is 0.375. The van der Waals surface area contributed by atoms with Crippen LogP contribution in [0, 0.1) is 5.92 Å². The van der Waals surface area contributed by atoms with Gasteiger partial charge in [0.05, 0.1) is 35.3 Å². The highest BCUT2D eigenvalue weighted by Gasteiger charge is 2.31. The zero-order valence-electron chi connectivity index (χ0n) is 17.7. The number of Topliss-reactive ketones (excluding diaryl/α,β-unsaturated/α-hetero) is 1. The summed E-state index contributed by atoms with van der Waals surface area (Å²) < 4.78 is 30.4. The van der Waals surface area contributed by atoms with Gasteiger partial charge in [-0.1, -0.05) is 26.7 Å². The zero-order chi connectivity index (χ0) is 21.0. The first kappa shape index (κ1) is 21.8. The molecule has 160 valence electrons. The summed E-state index contributed by atoms with van der Waals surface area (Å²) in [5, 5.41) is 4.55. The van der Waals surface area contributed by atoms with Crippen molar-refractivity contribution in [3.05, 3.63) is 29.6 Å². The van der Waals surface area contributed by atoms with Crippen molar-refractivity contribution in [3.8, 4) is 5.75 Å². The second kappa shape index (κ2) is 9.28. The number of aromatic nitrogens is 2. The Bertz CT molecular complexity index is 955. The first-order chi connectivity index (χ1) is 13.9. The Morgan fingerprint density at radius 1 is 1.24 bits per heavy atom. The highest BCUT2D eigenvalue weighted by Crippen LogP contribution is 2.44. The summed E-state index contributed by atoms with van der Waals surface area (Å²) in [6, 6.07) is 3.82. The first-order valence-electron chi connectivity index (χ1n) is 10.7. The fourth-order valence-electron chi connectivity index (χ4n) is 3.92. The summed E-state index contributed by atoms with van der Waals surface area (Å²) in [6.07, 6.45) is 9.35. The molecule has 29 heavy (non-hydrogen) atoms. The number of rotatable bonds is 12. The van der Waals surface area contributed by atoms with Crippen LogP contribution >= 0.6 is 0 Å². The summed E-state index contributed by atoms with van der Waals surface area (Å²) in [5.74, 6) is 1.48. The molecule has 7 heteroatoms. The molecule has 0 spiro atoms. The molecule has 0 radical (unpaired) electrons. The van der Waals surface area contributed by atoms with Crippen LogP contribution in [0.5, 0.6) is 5.75 Å². The minimum Gasteiger partial charge on any atom is -0.492 e. The van der Waals surface area contributed by atoms with E-state index >= 15 is 0 Å². The predicted octanol–water partition coefficient (Wildman–Crippen LogP) is 4.42. The molecule has 0 aliphatic heterocycles. The minimum atomic E-state index is -2.99. The van der Waals surface area contributed by atoms with Crippen LogP contribution in [0.25, 0.3) is 5.52 Å². The smallest absolute Gasteiger partial charge is 0.169 e. The second-order valence-electron chi connectivity index (χ2n) is 8.18. The van der Waals surface area contributed by atoms with Crippen LogP contribution < -0.4 is 4.74 Å². The Morgan fingerprint density at radius 2 is 1.93 bits per heavy atom. The van der Waals surface area contributed by atoms with E-state index < -0.39 is 9.84 Å². The normalized spacial score (nSPS) is 14.6. The average molecular weight is 421 g/mol. The number of hydrogen-bond donors (Lipinski definition) is 0. The largest absolute Gasteiger partial charge is 0.492 e. The van der Waals surface area contributed by atoms with Crippen LogP contribution in [-0.2, 0) is 9.84 Å². The van der Waals surface area contributed by atoms with Gasteiger partial charge in [0.15, 0.2) is 5.78 Å². The van der Waals surface area contributed by atoms with E-state index in [2.05, 4.69) is 18.9 Å². The van der Waals surface area contributed by atoms with Crippen molar-refractivity contribution in [1.29, 1.82) is 0 Å². The molecule has 3 rings (SSSR count). The molecule has 2 aromatic heterocycles. The third kappa shape index (κ3) is 5.38. The molecule has 0 aromatic carbocycles. The van der Waals surface area contributed by atoms with Crippen LogP contribution in [0.3, 0.4) is 0 Å². The van der Waals surface area contributed by atoms with E-state index in [1.165, 1.54) is 6.26 Å². The molecule has 1 aliphatic carbocycles. The van der Waals surface area contributed by atoms with Crippen molar-refractivity contribution < 1.29 is 17.9 Å². The predicted molar refractivity (Wildman–Crippen MR) is 115 cm³/mol. The molecule has 2 aromatic rings. The van der Waals surface area contributed by atoms with Gasteiger partial charge in [0.2, 0.25) is 0 Å². The number of nitrogens with zero attached hydrogens (tertiary/aromatic N) is 2. The van der Waals surface area contributed by atoms with E-state index in [0.717, 1.165) is 55.5 Å². The third-order valence-electron chi connectivity index (χ3n) is 5.47. The van der Waals surface area contributed by atoms with Gasteiger partial charge in [0.25, 0.3) is 0 Å². The van der Waals surface area contributed by atoms with Crippen molar-refractivity contribution in [2.45, 2.75) is 64.7 Å². The molecule has 0 N–H and O–H groups in total. The van der Waals surface area contributed by atoms with Gasteiger partial charge in [-0.15, -0.1) is 0 Å². The lowest BCUT2D eigenvalue weighted by Gasteiger charge is -2.15. The molecule has 0 unspecified atom stereocenters. The molecule has 0 bridgehead atoms. The van der Waals surface area contributed by atoms with Crippen molar-refractivity contribution >= 4 is 21.1 Å². The Morgan fingerprint density at radius 3 is 2.52 bits per heavy atom. The van der Waals surface area contributed by atoms with Crippen molar-refractivity contribution in [2.75, 3.05) is 18.6 Å². The summed E-state index contributed by atoms with van der Waals surface area (Å²) in [7, 11) is -2.99. The van der Waals surface area contributed by atoms with Gasteiger partial charge in [-0.25, -0.2) is 12.9 Å². The first-order valence-corrected chi connectivity index (χ1v) is 12.8. The van der Waals surface area contributed by atoms with Crippen LogP contribution in [0.4, 0.5) is 0 Å². The Balaban J connectivity index is 1.86. The van der Waals surface area contributed by atoms with Crippen molar-refractivity contribution in [2.24, 2.45) is 5.92 Å². The van der Waals surface area contributed by atoms with Crippen LogP contribution in [-0.4, -0.2) is 42.4 Å². The van der Waals surface area contributed by atoms with Gasteiger partial charge >= 0.3 is 0 Å². The van der Waals surface area contributed by atoms with Crippen LogP contribution in [0.15, 0.2) is 18.3 Å². The fraction of sp³-hybridized carbons (Fsp3) is 0.636.